The summed E-state index contributed by atoms with van der Waals surface area (Å²) in [7, 11) is 0. The Hall–Kier alpha value is -3.74. The van der Waals surface area contributed by atoms with Crippen molar-refractivity contribution in [3.05, 3.63) is 59.2 Å². The van der Waals surface area contributed by atoms with E-state index in [9.17, 15) is 31.9 Å². The zero-order chi connectivity index (χ0) is 24.0. The van der Waals surface area contributed by atoms with Crippen molar-refractivity contribution in [2.45, 2.75) is 37.1 Å². The van der Waals surface area contributed by atoms with E-state index < -0.39 is 71.3 Å². The van der Waals surface area contributed by atoms with Gasteiger partial charge in [0.1, 0.15) is 17.2 Å². The molecule has 33 heavy (non-hydrogen) atoms. The summed E-state index contributed by atoms with van der Waals surface area (Å²) in [4.78, 5) is 38.3. The SMILES string of the molecule is N#Cc1cccc(-c2c(F)cc(C(=O)CN3C(=O)NC4(CCC(F)(F)CC4)C3=O)cc2F)c1. The van der Waals surface area contributed by atoms with Crippen molar-refractivity contribution >= 4 is 17.7 Å². The molecule has 2 aliphatic rings. The first-order valence-corrected chi connectivity index (χ1v) is 10.1. The Morgan fingerprint density at radius 3 is 2.30 bits per heavy atom. The van der Waals surface area contributed by atoms with Crippen LogP contribution in [0.15, 0.2) is 36.4 Å². The largest absolute Gasteiger partial charge is 0.325 e. The number of imide groups is 1. The van der Waals surface area contributed by atoms with Crippen molar-refractivity contribution in [1.29, 1.82) is 5.26 Å². The number of nitrogens with zero attached hydrogens (tertiary/aromatic N) is 2. The van der Waals surface area contributed by atoms with Crippen LogP contribution >= 0.6 is 0 Å². The molecule has 170 valence electrons. The summed E-state index contributed by atoms with van der Waals surface area (Å²) in [6.07, 6.45) is -1.69. The number of carbonyl (C=O) groups excluding carboxylic acids is 3. The van der Waals surface area contributed by atoms with Gasteiger partial charge in [0, 0.05) is 18.4 Å². The fourth-order valence-corrected chi connectivity index (χ4v) is 4.19. The van der Waals surface area contributed by atoms with Gasteiger partial charge in [0.25, 0.3) is 5.91 Å². The molecule has 3 amide bonds. The number of carbonyl (C=O) groups is 3. The molecule has 0 bridgehead atoms. The molecular formula is C23H17F4N3O3. The van der Waals surface area contributed by atoms with Gasteiger partial charge in [0.2, 0.25) is 5.92 Å². The molecule has 4 rings (SSSR count). The first-order chi connectivity index (χ1) is 15.5. The van der Waals surface area contributed by atoms with Crippen molar-refractivity contribution in [3.63, 3.8) is 0 Å². The molecule has 6 nitrogen and oxygen atoms in total. The predicted octanol–water partition coefficient (Wildman–Crippen LogP) is 4.19. The Morgan fingerprint density at radius 1 is 1.06 bits per heavy atom. The lowest BCUT2D eigenvalue weighted by Gasteiger charge is -2.34. The highest BCUT2D eigenvalue weighted by Gasteiger charge is 2.55. The summed E-state index contributed by atoms with van der Waals surface area (Å²) < 4.78 is 56.4. The quantitative estimate of drug-likeness (QED) is 0.422. The molecule has 2 fully saturated rings. The standard InChI is InChI=1S/C23H17F4N3O3/c24-16-9-15(10-17(25)19(16)14-3-1-2-13(8-14)11-28)18(31)12-30-20(32)22(29-21(30)33)4-6-23(26,27)7-5-22/h1-3,8-10H,4-7,12H2,(H,29,33). The normalized spacial score (nSPS) is 18.8. The van der Waals surface area contributed by atoms with Gasteiger partial charge in [-0.3, -0.25) is 14.5 Å². The van der Waals surface area contributed by atoms with Crippen LogP contribution in [0.5, 0.6) is 0 Å². The van der Waals surface area contributed by atoms with Gasteiger partial charge in [0.15, 0.2) is 5.78 Å². The molecule has 0 unspecified atom stereocenters. The number of ketones is 1. The van der Waals surface area contributed by atoms with Crippen molar-refractivity contribution in [2.75, 3.05) is 6.54 Å². The third-order valence-corrected chi connectivity index (χ3v) is 6.03. The molecular weight excluding hydrogens is 442 g/mol. The van der Waals surface area contributed by atoms with Crippen LogP contribution in [-0.2, 0) is 4.79 Å². The van der Waals surface area contributed by atoms with Gasteiger partial charge in [-0.2, -0.15) is 5.26 Å². The lowest BCUT2D eigenvalue weighted by molar-refractivity contribution is -0.135. The number of alkyl halides is 2. The van der Waals surface area contributed by atoms with Crippen LogP contribution in [-0.4, -0.2) is 40.6 Å². The minimum absolute atomic E-state index is 0.105. The van der Waals surface area contributed by atoms with Gasteiger partial charge >= 0.3 is 6.03 Å². The fraction of sp³-hybridized carbons (Fsp3) is 0.304. The maximum atomic E-state index is 14.7. The van der Waals surface area contributed by atoms with Gasteiger partial charge < -0.3 is 5.32 Å². The average molecular weight is 459 g/mol. The molecule has 1 aliphatic heterocycles. The van der Waals surface area contributed by atoms with Crippen LogP contribution < -0.4 is 5.32 Å². The molecule has 1 spiro atoms. The van der Waals surface area contributed by atoms with Crippen LogP contribution in [0.2, 0.25) is 0 Å². The topological polar surface area (TPSA) is 90.3 Å². The van der Waals surface area contributed by atoms with E-state index in [2.05, 4.69) is 5.32 Å². The van der Waals surface area contributed by atoms with E-state index in [0.29, 0.717) is 4.90 Å². The number of hydrogen-bond acceptors (Lipinski definition) is 4. The molecule has 2 aromatic rings. The van der Waals surface area contributed by atoms with E-state index in [-0.39, 0.29) is 24.0 Å². The summed E-state index contributed by atoms with van der Waals surface area (Å²) in [6.45, 7) is -0.787. The molecule has 1 saturated carbocycles. The number of nitrogens with one attached hydrogen (secondary N) is 1. The second-order valence-corrected chi connectivity index (χ2v) is 8.19. The Balaban J connectivity index is 1.55. The van der Waals surface area contributed by atoms with Crippen molar-refractivity contribution in [1.82, 2.24) is 10.2 Å². The number of hydrogen-bond donors (Lipinski definition) is 1. The Labute approximate surface area is 185 Å². The summed E-state index contributed by atoms with van der Waals surface area (Å²) >= 11 is 0. The number of rotatable bonds is 4. The number of amides is 3. The van der Waals surface area contributed by atoms with E-state index >= 15 is 0 Å². The van der Waals surface area contributed by atoms with Gasteiger partial charge in [-0.1, -0.05) is 12.1 Å². The van der Waals surface area contributed by atoms with Gasteiger partial charge in [-0.25, -0.2) is 22.4 Å². The molecule has 10 heteroatoms. The Morgan fingerprint density at radius 2 is 1.70 bits per heavy atom. The zero-order valence-corrected chi connectivity index (χ0v) is 17.1. The Kier molecular flexibility index (Phi) is 5.44. The minimum atomic E-state index is -2.93. The number of urea groups is 1. The summed E-state index contributed by atoms with van der Waals surface area (Å²) in [5.74, 6) is -6.74. The Bertz CT molecular complexity index is 1190. The molecule has 0 atom stereocenters. The number of nitriles is 1. The summed E-state index contributed by atoms with van der Waals surface area (Å²) in [6, 6.07) is 8.16. The van der Waals surface area contributed by atoms with Crippen LogP contribution in [0.4, 0.5) is 22.4 Å². The predicted molar refractivity (Wildman–Crippen MR) is 107 cm³/mol. The zero-order valence-electron chi connectivity index (χ0n) is 17.1. The number of Topliss-reactive ketones (excluding diaryl/α,β-unsaturated/α-hetero) is 1. The van der Waals surface area contributed by atoms with Crippen LogP contribution in [0.25, 0.3) is 11.1 Å². The lowest BCUT2D eigenvalue weighted by atomic mass is 9.80. The van der Waals surface area contributed by atoms with Crippen LogP contribution in [0.3, 0.4) is 0 Å². The van der Waals surface area contributed by atoms with E-state index in [1.807, 2.05) is 6.07 Å². The smallest absolute Gasteiger partial charge is 0.323 e. The highest BCUT2D eigenvalue weighted by atomic mass is 19.3. The minimum Gasteiger partial charge on any atom is -0.323 e. The molecule has 1 N–H and O–H groups in total. The first-order valence-electron chi connectivity index (χ1n) is 10.1. The highest BCUT2D eigenvalue weighted by Crippen LogP contribution is 2.41. The van der Waals surface area contributed by atoms with E-state index in [0.717, 1.165) is 12.1 Å². The van der Waals surface area contributed by atoms with Crippen LogP contribution in [0, 0.1) is 23.0 Å². The molecule has 1 heterocycles. The third kappa shape index (κ3) is 4.06. The van der Waals surface area contributed by atoms with Crippen molar-refractivity contribution in [2.24, 2.45) is 0 Å². The van der Waals surface area contributed by atoms with E-state index in [1.54, 1.807) is 0 Å². The van der Waals surface area contributed by atoms with Gasteiger partial charge in [-0.15, -0.1) is 0 Å². The molecule has 1 saturated heterocycles. The second-order valence-electron chi connectivity index (χ2n) is 8.19. The average Bonchev–Trinajstić information content (AvgIpc) is 3.00. The molecule has 0 radical (unpaired) electrons. The van der Waals surface area contributed by atoms with Crippen molar-refractivity contribution < 1.29 is 31.9 Å². The molecule has 1 aliphatic carbocycles. The van der Waals surface area contributed by atoms with Crippen LogP contribution in [0.1, 0.15) is 41.6 Å². The second kappa shape index (κ2) is 7.99. The monoisotopic (exact) mass is 459 g/mol. The molecule has 0 aromatic heterocycles. The van der Waals surface area contributed by atoms with E-state index in [4.69, 9.17) is 5.26 Å². The van der Waals surface area contributed by atoms with Gasteiger partial charge in [0.05, 0.1) is 23.7 Å². The maximum absolute atomic E-state index is 14.7. The van der Waals surface area contributed by atoms with E-state index in [1.165, 1.54) is 24.3 Å². The van der Waals surface area contributed by atoms with Crippen molar-refractivity contribution in [3.8, 4) is 17.2 Å². The molecule has 2 aromatic carbocycles. The first kappa shape index (κ1) is 22.5. The van der Waals surface area contributed by atoms with Gasteiger partial charge in [-0.05, 0) is 42.7 Å². The lowest BCUT2D eigenvalue weighted by Crippen LogP contribution is -2.51. The maximum Gasteiger partial charge on any atom is 0.325 e. The fourth-order valence-electron chi connectivity index (χ4n) is 4.19. The third-order valence-electron chi connectivity index (χ3n) is 6.03. The highest BCUT2D eigenvalue weighted by molar-refractivity contribution is 6.11. The summed E-state index contributed by atoms with van der Waals surface area (Å²) in [5, 5.41) is 11.4. The number of benzene rings is 2. The number of halogens is 4. The summed E-state index contributed by atoms with van der Waals surface area (Å²) in [5.41, 5.74) is -2.03.